The van der Waals surface area contributed by atoms with Crippen molar-refractivity contribution in [3.8, 4) is 0 Å². The average Bonchev–Trinajstić information content (AvgIpc) is 2.97. The molecule has 2 atom stereocenters. The van der Waals surface area contributed by atoms with Gasteiger partial charge >= 0.3 is 0 Å². The Bertz CT molecular complexity index is 826. The summed E-state index contributed by atoms with van der Waals surface area (Å²) < 4.78 is 26.5. The number of hydrazone groups is 1. The number of hydrogen-bond donors (Lipinski definition) is 1. The molecule has 1 amide bonds. The lowest BCUT2D eigenvalue weighted by Gasteiger charge is -2.31. The van der Waals surface area contributed by atoms with E-state index in [1.165, 1.54) is 16.4 Å². The number of sulfonamides is 1. The number of nitrogens with one attached hydrogen (secondary N) is 1. The first-order chi connectivity index (χ1) is 12.0. The normalized spacial score (nSPS) is 23.6. The highest BCUT2D eigenvalue weighted by molar-refractivity contribution is 7.89. The standard InChI is InChI=1S/C18H23N3O3S/c1-3-21(4-2)25(23,24)15-9-5-8-14(11-15)18(22)20-19-17-12-13-7-6-10-16(13)17/h5-9,11,13,16H,3-4,10,12H2,1-2H3,(H,20,22)/b19-17+. The van der Waals surface area contributed by atoms with E-state index in [1.54, 1.807) is 26.0 Å². The molecule has 0 radical (unpaired) electrons. The third-order valence-corrected chi connectivity index (χ3v) is 6.95. The van der Waals surface area contributed by atoms with Gasteiger partial charge in [0, 0.05) is 30.3 Å². The maximum atomic E-state index is 12.6. The summed E-state index contributed by atoms with van der Waals surface area (Å²) in [6, 6.07) is 6.09. The van der Waals surface area contributed by atoms with Gasteiger partial charge in [0.25, 0.3) is 5.91 Å². The van der Waals surface area contributed by atoms with Gasteiger partial charge in [-0.3, -0.25) is 4.79 Å². The molecule has 7 heteroatoms. The van der Waals surface area contributed by atoms with Crippen LogP contribution in [0.25, 0.3) is 0 Å². The smallest absolute Gasteiger partial charge is 0.267 e. The molecule has 0 heterocycles. The molecule has 0 spiro atoms. The molecule has 2 aliphatic rings. The van der Waals surface area contributed by atoms with Gasteiger partial charge in [0.05, 0.1) is 4.90 Å². The maximum absolute atomic E-state index is 12.6. The SMILES string of the molecule is CCN(CC)S(=O)(=O)c1cccc(C(=O)N/N=C2\CC3C=CCC23)c1. The number of rotatable bonds is 6. The summed E-state index contributed by atoms with van der Waals surface area (Å²) in [5, 5.41) is 4.22. The van der Waals surface area contributed by atoms with Crippen LogP contribution in [0, 0.1) is 11.8 Å². The molecule has 0 bridgehead atoms. The van der Waals surface area contributed by atoms with E-state index in [0.717, 1.165) is 18.6 Å². The molecular formula is C18H23N3O3S. The van der Waals surface area contributed by atoms with E-state index in [9.17, 15) is 13.2 Å². The van der Waals surface area contributed by atoms with Gasteiger partial charge in [-0.2, -0.15) is 9.41 Å². The van der Waals surface area contributed by atoms with Crippen molar-refractivity contribution in [2.45, 2.75) is 31.6 Å². The van der Waals surface area contributed by atoms with Crippen LogP contribution < -0.4 is 5.43 Å². The molecule has 0 saturated heterocycles. The number of amides is 1. The molecule has 1 N–H and O–H groups in total. The van der Waals surface area contributed by atoms with Crippen LogP contribution in [-0.4, -0.2) is 37.4 Å². The second-order valence-electron chi connectivity index (χ2n) is 6.30. The van der Waals surface area contributed by atoms with Gasteiger partial charge in [0.1, 0.15) is 0 Å². The molecule has 2 aliphatic carbocycles. The lowest BCUT2D eigenvalue weighted by molar-refractivity contribution is 0.0953. The summed E-state index contributed by atoms with van der Waals surface area (Å²) >= 11 is 0. The predicted octanol–water partition coefficient (Wildman–Crippen LogP) is 2.40. The zero-order valence-electron chi connectivity index (χ0n) is 14.5. The fraction of sp³-hybridized carbons (Fsp3) is 0.444. The summed E-state index contributed by atoms with van der Waals surface area (Å²) in [6.07, 6.45) is 6.23. The second kappa shape index (κ2) is 7.09. The molecule has 25 heavy (non-hydrogen) atoms. The van der Waals surface area contributed by atoms with E-state index < -0.39 is 15.9 Å². The van der Waals surface area contributed by atoms with Crippen LogP contribution in [0.1, 0.15) is 37.0 Å². The third kappa shape index (κ3) is 3.39. The quantitative estimate of drug-likeness (QED) is 0.624. The van der Waals surface area contributed by atoms with Crippen LogP contribution in [-0.2, 0) is 10.0 Å². The number of fused-ring (bicyclic) bond motifs is 1. The molecule has 1 saturated carbocycles. The first kappa shape index (κ1) is 17.8. The minimum Gasteiger partial charge on any atom is -0.267 e. The Morgan fingerprint density at radius 3 is 2.76 bits per heavy atom. The van der Waals surface area contributed by atoms with E-state index in [1.807, 2.05) is 0 Å². The number of benzene rings is 1. The van der Waals surface area contributed by atoms with Crippen LogP contribution in [0.2, 0.25) is 0 Å². The number of carbonyl (C=O) groups excluding carboxylic acids is 1. The molecule has 1 aromatic carbocycles. The Kier molecular flexibility index (Phi) is 5.06. The summed E-state index contributed by atoms with van der Waals surface area (Å²) in [5.41, 5.74) is 3.86. The van der Waals surface area contributed by atoms with Crippen molar-refractivity contribution in [1.29, 1.82) is 0 Å². The van der Waals surface area contributed by atoms with E-state index in [-0.39, 0.29) is 10.5 Å². The van der Waals surface area contributed by atoms with Gasteiger partial charge in [0.15, 0.2) is 0 Å². The number of carbonyl (C=O) groups is 1. The monoisotopic (exact) mass is 361 g/mol. The minimum absolute atomic E-state index is 0.125. The summed E-state index contributed by atoms with van der Waals surface area (Å²) in [4.78, 5) is 12.5. The maximum Gasteiger partial charge on any atom is 0.271 e. The largest absolute Gasteiger partial charge is 0.271 e. The fourth-order valence-electron chi connectivity index (χ4n) is 3.36. The van der Waals surface area contributed by atoms with E-state index in [4.69, 9.17) is 0 Å². The number of hydrogen-bond acceptors (Lipinski definition) is 4. The Morgan fingerprint density at radius 1 is 1.32 bits per heavy atom. The Morgan fingerprint density at radius 2 is 2.08 bits per heavy atom. The highest BCUT2D eigenvalue weighted by Crippen LogP contribution is 2.40. The van der Waals surface area contributed by atoms with Gasteiger partial charge in [-0.1, -0.05) is 32.1 Å². The van der Waals surface area contributed by atoms with Crippen LogP contribution in [0.4, 0.5) is 0 Å². The number of allylic oxidation sites excluding steroid dienone is 2. The Balaban J connectivity index is 1.73. The minimum atomic E-state index is -3.58. The second-order valence-corrected chi connectivity index (χ2v) is 8.24. The predicted molar refractivity (Wildman–Crippen MR) is 96.8 cm³/mol. The van der Waals surface area contributed by atoms with Gasteiger partial charge in [-0.25, -0.2) is 13.8 Å². The van der Waals surface area contributed by atoms with Crippen LogP contribution in [0.5, 0.6) is 0 Å². The lowest BCUT2D eigenvalue weighted by Crippen LogP contribution is -2.35. The van der Waals surface area contributed by atoms with Crippen molar-refractivity contribution < 1.29 is 13.2 Å². The average molecular weight is 361 g/mol. The van der Waals surface area contributed by atoms with Crippen molar-refractivity contribution in [2.24, 2.45) is 16.9 Å². The Hall–Kier alpha value is -1.99. The van der Waals surface area contributed by atoms with Gasteiger partial charge < -0.3 is 0 Å². The fourth-order valence-corrected chi connectivity index (χ4v) is 4.87. The molecule has 2 unspecified atom stereocenters. The highest BCUT2D eigenvalue weighted by atomic mass is 32.2. The number of nitrogens with zero attached hydrogens (tertiary/aromatic N) is 2. The van der Waals surface area contributed by atoms with Crippen molar-refractivity contribution in [3.05, 3.63) is 42.0 Å². The molecule has 0 aliphatic heterocycles. The molecule has 134 valence electrons. The van der Waals surface area contributed by atoms with Crippen molar-refractivity contribution in [1.82, 2.24) is 9.73 Å². The summed E-state index contributed by atoms with van der Waals surface area (Å²) in [5.74, 6) is 0.603. The first-order valence-corrected chi connectivity index (χ1v) is 10.0. The Labute approximate surface area is 148 Å². The van der Waals surface area contributed by atoms with Crippen molar-refractivity contribution in [2.75, 3.05) is 13.1 Å². The van der Waals surface area contributed by atoms with Crippen molar-refractivity contribution in [3.63, 3.8) is 0 Å². The summed E-state index contributed by atoms with van der Waals surface area (Å²) in [6.45, 7) is 4.36. The van der Waals surface area contributed by atoms with E-state index in [2.05, 4.69) is 22.7 Å². The molecular weight excluding hydrogens is 338 g/mol. The molecule has 1 aromatic rings. The third-order valence-electron chi connectivity index (χ3n) is 4.90. The van der Waals surface area contributed by atoms with Crippen LogP contribution >= 0.6 is 0 Å². The molecule has 6 nitrogen and oxygen atoms in total. The van der Waals surface area contributed by atoms with Crippen molar-refractivity contribution >= 4 is 21.6 Å². The molecule has 3 rings (SSSR count). The first-order valence-electron chi connectivity index (χ1n) is 8.61. The highest BCUT2D eigenvalue weighted by Gasteiger charge is 2.38. The van der Waals surface area contributed by atoms with Gasteiger partial charge in [0.2, 0.25) is 10.0 Å². The topological polar surface area (TPSA) is 78.8 Å². The zero-order chi connectivity index (χ0) is 18.0. The van der Waals surface area contributed by atoms with E-state index in [0.29, 0.717) is 24.9 Å². The van der Waals surface area contributed by atoms with Gasteiger partial charge in [-0.15, -0.1) is 0 Å². The van der Waals surface area contributed by atoms with Crippen LogP contribution in [0.15, 0.2) is 46.4 Å². The van der Waals surface area contributed by atoms with E-state index >= 15 is 0 Å². The van der Waals surface area contributed by atoms with Gasteiger partial charge in [-0.05, 0) is 37.0 Å². The molecule has 1 fully saturated rings. The summed E-state index contributed by atoms with van der Waals surface area (Å²) in [7, 11) is -3.58. The van der Waals surface area contributed by atoms with Crippen LogP contribution in [0.3, 0.4) is 0 Å². The lowest BCUT2D eigenvalue weighted by atomic mass is 9.74. The molecule has 0 aromatic heterocycles. The zero-order valence-corrected chi connectivity index (χ0v) is 15.3.